The quantitative estimate of drug-likeness (QED) is 0.920. The molecule has 2 aliphatic rings. The number of hydrogen-bond donors (Lipinski definition) is 1. The number of nitrogens with zero attached hydrogens (tertiary/aromatic N) is 2. The summed E-state index contributed by atoms with van der Waals surface area (Å²) in [5.74, 6) is 0.449. The average Bonchev–Trinajstić information content (AvgIpc) is 2.86. The Balaban J connectivity index is 1.78. The summed E-state index contributed by atoms with van der Waals surface area (Å²) < 4.78 is 0. The van der Waals surface area contributed by atoms with Gasteiger partial charge in [0.25, 0.3) is 0 Å². The molecule has 1 aromatic carbocycles. The summed E-state index contributed by atoms with van der Waals surface area (Å²) in [5, 5.41) is 0. The van der Waals surface area contributed by atoms with Crippen molar-refractivity contribution in [3.63, 3.8) is 0 Å². The summed E-state index contributed by atoms with van der Waals surface area (Å²) >= 11 is 0. The number of rotatable bonds is 3. The van der Waals surface area contributed by atoms with Gasteiger partial charge in [-0.25, -0.2) is 0 Å². The first-order valence-corrected chi connectivity index (χ1v) is 8.48. The molecule has 0 radical (unpaired) electrons. The van der Waals surface area contributed by atoms with Crippen molar-refractivity contribution in [1.82, 2.24) is 4.90 Å². The van der Waals surface area contributed by atoms with E-state index in [9.17, 15) is 9.59 Å². The van der Waals surface area contributed by atoms with E-state index < -0.39 is 0 Å². The van der Waals surface area contributed by atoms with Crippen molar-refractivity contribution in [3.8, 4) is 0 Å². The fourth-order valence-corrected chi connectivity index (χ4v) is 3.75. The number of fused-ring (bicyclic) bond motifs is 1. The van der Waals surface area contributed by atoms with E-state index in [1.54, 1.807) is 4.90 Å². The van der Waals surface area contributed by atoms with Gasteiger partial charge in [-0.2, -0.15) is 0 Å². The Morgan fingerprint density at radius 2 is 2.09 bits per heavy atom. The molecule has 1 fully saturated rings. The number of aryl methyl sites for hydroxylation is 1. The van der Waals surface area contributed by atoms with Gasteiger partial charge in [0.1, 0.15) is 6.54 Å². The van der Waals surface area contributed by atoms with Crippen LogP contribution < -0.4 is 10.6 Å². The van der Waals surface area contributed by atoms with E-state index in [0.717, 1.165) is 30.5 Å². The highest BCUT2D eigenvalue weighted by molar-refractivity contribution is 6.00. The lowest BCUT2D eigenvalue weighted by Crippen LogP contribution is -2.44. The second-order valence-electron chi connectivity index (χ2n) is 6.69. The SMILES string of the molecule is CC1CC(CN)CN1C(=O)CN1C(=O)CCCc2ccccc21. The molecule has 0 saturated carbocycles. The van der Waals surface area contributed by atoms with Crippen LogP contribution in [0, 0.1) is 5.92 Å². The van der Waals surface area contributed by atoms with E-state index in [4.69, 9.17) is 5.73 Å². The van der Waals surface area contributed by atoms with Crippen LogP contribution in [0.25, 0.3) is 0 Å². The fourth-order valence-electron chi connectivity index (χ4n) is 3.75. The highest BCUT2D eigenvalue weighted by atomic mass is 16.2. The smallest absolute Gasteiger partial charge is 0.242 e. The van der Waals surface area contributed by atoms with Crippen molar-refractivity contribution in [1.29, 1.82) is 0 Å². The topological polar surface area (TPSA) is 66.6 Å². The standard InChI is InChI=1S/C18H25N3O2/c1-13-9-14(10-19)11-20(13)18(23)12-21-16-7-3-2-5-15(16)6-4-8-17(21)22/h2-3,5,7,13-14H,4,6,8-12,19H2,1H3. The van der Waals surface area contributed by atoms with E-state index in [0.29, 0.717) is 25.4 Å². The molecule has 2 N–H and O–H groups in total. The van der Waals surface area contributed by atoms with E-state index >= 15 is 0 Å². The molecule has 5 heteroatoms. The zero-order valence-electron chi connectivity index (χ0n) is 13.7. The lowest BCUT2D eigenvalue weighted by Gasteiger charge is -2.27. The molecular weight excluding hydrogens is 290 g/mol. The van der Waals surface area contributed by atoms with Crippen LogP contribution in [-0.4, -0.2) is 42.4 Å². The number of carbonyl (C=O) groups excluding carboxylic acids is 2. The van der Waals surface area contributed by atoms with Crippen LogP contribution in [0.15, 0.2) is 24.3 Å². The molecule has 0 aliphatic carbocycles. The van der Waals surface area contributed by atoms with E-state index in [2.05, 4.69) is 6.92 Å². The van der Waals surface area contributed by atoms with Crippen molar-refractivity contribution in [2.24, 2.45) is 11.7 Å². The average molecular weight is 315 g/mol. The summed E-state index contributed by atoms with van der Waals surface area (Å²) in [4.78, 5) is 28.8. The van der Waals surface area contributed by atoms with Gasteiger partial charge in [0.15, 0.2) is 0 Å². The highest BCUT2D eigenvalue weighted by Crippen LogP contribution is 2.28. The summed E-state index contributed by atoms with van der Waals surface area (Å²) in [5.41, 5.74) is 7.79. The largest absolute Gasteiger partial charge is 0.338 e. The minimum atomic E-state index is 0.0264. The van der Waals surface area contributed by atoms with Crippen LogP contribution >= 0.6 is 0 Å². The van der Waals surface area contributed by atoms with Crippen LogP contribution in [0.2, 0.25) is 0 Å². The van der Waals surface area contributed by atoms with Gasteiger partial charge in [0, 0.05) is 24.7 Å². The van der Waals surface area contributed by atoms with Gasteiger partial charge in [-0.05, 0) is 50.3 Å². The minimum Gasteiger partial charge on any atom is -0.338 e. The van der Waals surface area contributed by atoms with Crippen LogP contribution in [0.3, 0.4) is 0 Å². The maximum absolute atomic E-state index is 12.7. The van der Waals surface area contributed by atoms with Crippen molar-refractivity contribution >= 4 is 17.5 Å². The molecule has 124 valence electrons. The zero-order valence-corrected chi connectivity index (χ0v) is 13.7. The monoisotopic (exact) mass is 315 g/mol. The molecule has 2 atom stereocenters. The first kappa shape index (κ1) is 16.0. The Bertz CT molecular complexity index is 602. The molecule has 2 unspecified atom stereocenters. The molecule has 23 heavy (non-hydrogen) atoms. The van der Waals surface area contributed by atoms with E-state index in [1.165, 1.54) is 0 Å². The minimum absolute atomic E-state index is 0.0264. The number of carbonyl (C=O) groups is 2. The van der Waals surface area contributed by atoms with Gasteiger partial charge in [-0.3, -0.25) is 9.59 Å². The fraction of sp³-hybridized carbons (Fsp3) is 0.556. The summed E-state index contributed by atoms with van der Waals surface area (Å²) in [6.07, 6.45) is 3.19. The Morgan fingerprint density at radius 3 is 2.83 bits per heavy atom. The number of benzene rings is 1. The van der Waals surface area contributed by atoms with Crippen molar-refractivity contribution in [2.75, 3.05) is 24.5 Å². The van der Waals surface area contributed by atoms with Crippen LogP contribution in [-0.2, 0) is 16.0 Å². The molecule has 1 saturated heterocycles. The summed E-state index contributed by atoms with van der Waals surface area (Å²) in [7, 11) is 0. The number of amides is 2. The predicted molar refractivity (Wildman–Crippen MR) is 90.1 cm³/mol. The maximum atomic E-state index is 12.7. The van der Waals surface area contributed by atoms with E-state index in [1.807, 2.05) is 29.2 Å². The van der Waals surface area contributed by atoms with Gasteiger partial charge < -0.3 is 15.5 Å². The van der Waals surface area contributed by atoms with Crippen LogP contribution in [0.4, 0.5) is 5.69 Å². The third-order valence-corrected chi connectivity index (χ3v) is 5.03. The number of nitrogens with two attached hydrogens (primary N) is 1. The molecule has 0 spiro atoms. The molecule has 2 amide bonds. The third-order valence-electron chi connectivity index (χ3n) is 5.03. The number of para-hydroxylation sites is 1. The first-order chi connectivity index (χ1) is 11.1. The van der Waals surface area contributed by atoms with Gasteiger partial charge in [0.2, 0.25) is 11.8 Å². The number of anilines is 1. The van der Waals surface area contributed by atoms with Gasteiger partial charge in [-0.1, -0.05) is 18.2 Å². The van der Waals surface area contributed by atoms with Crippen molar-refractivity contribution in [2.45, 2.75) is 38.6 Å². The van der Waals surface area contributed by atoms with Crippen LogP contribution in [0.5, 0.6) is 0 Å². The normalized spacial score (nSPS) is 24.5. The molecule has 3 rings (SSSR count). The van der Waals surface area contributed by atoms with Gasteiger partial charge in [-0.15, -0.1) is 0 Å². The Hall–Kier alpha value is -1.88. The molecule has 1 aromatic rings. The Labute approximate surface area is 137 Å². The molecule has 5 nitrogen and oxygen atoms in total. The lowest BCUT2D eigenvalue weighted by molar-refractivity contribution is -0.132. The first-order valence-electron chi connectivity index (χ1n) is 8.48. The second kappa shape index (κ2) is 6.71. The van der Waals surface area contributed by atoms with E-state index in [-0.39, 0.29) is 24.4 Å². The number of likely N-dealkylation sites (tertiary alicyclic amines) is 1. The Kier molecular flexibility index (Phi) is 4.66. The number of hydrogen-bond acceptors (Lipinski definition) is 3. The predicted octanol–water partition coefficient (Wildman–Crippen LogP) is 1.55. The highest BCUT2D eigenvalue weighted by Gasteiger charge is 2.33. The molecule has 2 heterocycles. The van der Waals surface area contributed by atoms with Gasteiger partial charge >= 0.3 is 0 Å². The molecular formula is C18H25N3O2. The zero-order chi connectivity index (χ0) is 16.4. The van der Waals surface area contributed by atoms with Crippen molar-refractivity contribution < 1.29 is 9.59 Å². The van der Waals surface area contributed by atoms with Gasteiger partial charge in [0.05, 0.1) is 0 Å². The summed E-state index contributed by atoms with van der Waals surface area (Å²) in [6, 6.07) is 8.12. The third kappa shape index (κ3) is 3.24. The molecule has 2 aliphatic heterocycles. The van der Waals surface area contributed by atoms with Crippen LogP contribution in [0.1, 0.15) is 31.7 Å². The molecule has 0 bridgehead atoms. The summed E-state index contributed by atoms with van der Waals surface area (Å²) in [6.45, 7) is 3.52. The molecule has 0 aromatic heterocycles. The van der Waals surface area contributed by atoms with Crippen molar-refractivity contribution in [3.05, 3.63) is 29.8 Å². The second-order valence-corrected chi connectivity index (χ2v) is 6.69. The maximum Gasteiger partial charge on any atom is 0.242 e. The Morgan fingerprint density at radius 1 is 1.30 bits per heavy atom. The lowest BCUT2D eigenvalue weighted by atomic mass is 10.1.